The molecular weight excluding hydrogens is 322 g/mol. The number of aromatic nitrogens is 2. The summed E-state index contributed by atoms with van der Waals surface area (Å²) in [5.74, 6) is -3.32. The Balaban J connectivity index is 2.61. The first-order valence-electron chi connectivity index (χ1n) is 5.35. The number of carboxylic acids is 1. The number of hydrogen-bond acceptors (Lipinski definition) is 4. The van der Waals surface area contributed by atoms with Gasteiger partial charge in [0.2, 0.25) is 5.82 Å². The van der Waals surface area contributed by atoms with Crippen molar-refractivity contribution >= 4 is 5.97 Å². The van der Waals surface area contributed by atoms with E-state index < -0.39 is 46.7 Å². The average Bonchev–Trinajstić information content (AvgIpc) is 2.85. The minimum Gasteiger partial charge on any atom is -0.474 e. The van der Waals surface area contributed by atoms with Crippen LogP contribution in [0, 0.1) is 0 Å². The first-order valence-corrected chi connectivity index (χ1v) is 5.35. The zero-order valence-corrected chi connectivity index (χ0v) is 10.2. The molecule has 0 aliphatic rings. The van der Waals surface area contributed by atoms with E-state index in [4.69, 9.17) is 5.11 Å². The molecule has 0 aliphatic carbocycles. The molecule has 0 atom stereocenters. The summed E-state index contributed by atoms with van der Waals surface area (Å²) in [6.07, 6.45) is -10.1. The van der Waals surface area contributed by atoms with Gasteiger partial charge in [0, 0.05) is 5.56 Å². The first kappa shape index (κ1) is 15.8. The number of benzene rings is 1. The number of carboxylic acid groups (broad SMARTS) is 1. The van der Waals surface area contributed by atoms with Gasteiger partial charge in [0.05, 0.1) is 11.1 Å². The second-order valence-electron chi connectivity index (χ2n) is 4.02. The molecule has 0 aliphatic heterocycles. The molecular formula is C11H4F6N2O3. The van der Waals surface area contributed by atoms with Gasteiger partial charge in [-0.2, -0.15) is 31.3 Å². The highest BCUT2D eigenvalue weighted by Gasteiger charge is 2.37. The minimum absolute atomic E-state index is 0.0678. The summed E-state index contributed by atoms with van der Waals surface area (Å²) >= 11 is 0. The Bertz CT molecular complexity index is 687. The van der Waals surface area contributed by atoms with Crippen molar-refractivity contribution in [3.8, 4) is 11.4 Å². The third-order valence-corrected chi connectivity index (χ3v) is 2.45. The van der Waals surface area contributed by atoms with E-state index in [0.717, 1.165) is 0 Å². The summed E-state index contributed by atoms with van der Waals surface area (Å²) in [6, 6.07) is 0.666. The topological polar surface area (TPSA) is 76.2 Å². The highest BCUT2D eigenvalue weighted by molar-refractivity contribution is 5.82. The van der Waals surface area contributed by atoms with Gasteiger partial charge in [0.15, 0.2) is 0 Å². The van der Waals surface area contributed by atoms with Crippen molar-refractivity contribution in [2.45, 2.75) is 12.4 Å². The predicted molar refractivity (Wildman–Crippen MR) is 56.7 cm³/mol. The van der Waals surface area contributed by atoms with E-state index in [1.54, 1.807) is 0 Å². The Kier molecular flexibility index (Phi) is 3.59. The normalized spacial score (nSPS) is 12.5. The van der Waals surface area contributed by atoms with Gasteiger partial charge in [-0.1, -0.05) is 5.16 Å². The number of carbonyl (C=O) groups is 1. The lowest BCUT2D eigenvalue weighted by molar-refractivity contribution is -0.143. The maximum Gasteiger partial charge on any atom is 0.416 e. The number of hydrogen-bond donors (Lipinski definition) is 1. The molecule has 1 N–H and O–H groups in total. The maximum atomic E-state index is 12.7. The summed E-state index contributed by atoms with van der Waals surface area (Å²) in [4.78, 5) is 13.8. The largest absolute Gasteiger partial charge is 0.474 e. The van der Waals surface area contributed by atoms with Crippen molar-refractivity contribution in [1.82, 2.24) is 10.1 Å². The molecule has 22 heavy (non-hydrogen) atoms. The molecule has 2 aromatic rings. The van der Waals surface area contributed by atoms with Gasteiger partial charge in [-0.05, 0) is 18.2 Å². The van der Waals surface area contributed by atoms with Gasteiger partial charge in [-0.15, -0.1) is 0 Å². The van der Waals surface area contributed by atoms with E-state index in [2.05, 4.69) is 14.7 Å². The van der Waals surface area contributed by atoms with Gasteiger partial charge >= 0.3 is 24.2 Å². The summed E-state index contributed by atoms with van der Waals surface area (Å²) in [7, 11) is 0. The van der Waals surface area contributed by atoms with Crippen LogP contribution in [0.25, 0.3) is 11.4 Å². The van der Waals surface area contributed by atoms with Crippen LogP contribution in [-0.2, 0) is 12.4 Å². The molecule has 5 nitrogen and oxygen atoms in total. The molecule has 1 heterocycles. The van der Waals surface area contributed by atoms with Crippen molar-refractivity contribution in [2.24, 2.45) is 0 Å². The highest BCUT2D eigenvalue weighted by Crippen LogP contribution is 2.38. The number of nitrogens with zero attached hydrogens (tertiary/aromatic N) is 2. The van der Waals surface area contributed by atoms with Crippen LogP contribution in [0.15, 0.2) is 22.7 Å². The summed E-state index contributed by atoms with van der Waals surface area (Å²) < 4.78 is 80.2. The van der Waals surface area contributed by atoms with Gasteiger partial charge in [-0.3, -0.25) is 0 Å². The second kappa shape index (κ2) is 5.00. The number of alkyl halides is 6. The third kappa shape index (κ3) is 3.18. The van der Waals surface area contributed by atoms with Crippen molar-refractivity contribution in [2.75, 3.05) is 0 Å². The Hall–Kier alpha value is -2.59. The van der Waals surface area contributed by atoms with Gasteiger partial charge < -0.3 is 9.63 Å². The molecule has 1 aromatic heterocycles. The van der Waals surface area contributed by atoms with Crippen LogP contribution in [0.1, 0.15) is 21.8 Å². The Morgan fingerprint density at radius 2 is 1.50 bits per heavy atom. The van der Waals surface area contributed by atoms with Crippen LogP contribution < -0.4 is 0 Å². The number of halogens is 6. The molecule has 2 rings (SSSR count). The summed E-state index contributed by atoms with van der Waals surface area (Å²) in [5.41, 5.74) is -3.81. The molecule has 11 heteroatoms. The van der Waals surface area contributed by atoms with Crippen molar-refractivity contribution in [3.63, 3.8) is 0 Å². The first-order chi connectivity index (χ1) is 9.98. The summed E-state index contributed by atoms with van der Waals surface area (Å²) in [6.45, 7) is 0. The molecule has 0 bridgehead atoms. The van der Waals surface area contributed by atoms with Gasteiger partial charge in [0.25, 0.3) is 0 Å². The van der Waals surface area contributed by atoms with Crippen LogP contribution in [0.3, 0.4) is 0 Å². The molecule has 0 fully saturated rings. The molecule has 118 valence electrons. The SMILES string of the molecule is O=C(O)c1nc(-c2cc(C(F)(F)F)cc(C(F)(F)F)c2)no1. The van der Waals surface area contributed by atoms with E-state index in [1.807, 2.05) is 0 Å². The Labute approximate surface area is 117 Å². The zero-order chi connectivity index (χ0) is 16.7. The maximum absolute atomic E-state index is 12.7. The van der Waals surface area contributed by atoms with Gasteiger partial charge in [0.1, 0.15) is 0 Å². The van der Waals surface area contributed by atoms with Crippen molar-refractivity contribution in [1.29, 1.82) is 0 Å². The van der Waals surface area contributed by atoms with Crippen molar-refractivity contribution in [3.05, 3.63) is 35.2 Å². The molecule has 0 saturated carbocycles. The van der Waals surface area contributed by atoms with Crippen LogP contribution in [-0.4, -0.2) is 21.2 Å². The predicted octanol–water partition coefficient (Wildman–Crippen LogP) is 3.47. The van der Waals surface area contributed by atoms with E-state index in [9.17, 15) is 31.1 Å². The zero-order valence-electron chi connectivity index (χ0n) is 10.2. The van der Waals surface area contributed by atoms with Gasteiger partial charge in [-0.25, -0.2) is 4.79 Å². The van der Waals surface area contributed by atoms with Crippen LogP contribution in [0.5, 0.6) is 0 Å². The van der Waals surface area contributed by atoms with Crippen LogP contribution >= 0.6 is 0 Å². The fraction of sp³-hybridized carbons (Fsp3) is 0.182. The lowest BCUT2D eigenvalue weighted by Gasteiger charge is -2.12. The fourth-order valence-corrected chi connectivity index (χ4v) is 1.51. The lowest BCUT2D eigenvalue weighted by Crippen LogP contribution is -2.11. The monoisotopic (exact) mass is 326 g/mol. The highest BCUT2D eigenvalue weighted by atomic mass is 19.4. The number of aromatic carboxylic acids is 1. The standard InChI is InChI=1S/C11H4F6N2O3/c12-10(13,14)5-1-4(2-6(3-5)11(15,16)17)7-18-8(9(20)21)22-19-7/h1-3H,(H,20,21). The molecule has 0 unspecified atom stereocenters. The smallest absolute Gasteiger partial charge is 0.416 e. The fourth-order valence-electron chi connectivity index (χ4n) is 1.51. The van der Waals surface area contributed by atoms with E-state index in [1.165, 1.54) is 0 Å². The van der Waals surface area contributed by atoms with E-state index >= 15 is 0 Å². The quantitative estimate of drug-likeness (QED) is 0.855. The molecule has 0 spiro atoms. The Morgan fingerprint density at radius 3 is 1.86 bits per heavy atom. The number of rotatable bonds is 2. The van der Waals surface area contributed by atoms with E-state index in [0.29, 0.717) is 12.1 Å². The minimum atomic E-state index is -5.03. The van der Waals surface area contributed by atoms with Crippen molar-refractivity contribution < 1.29 is 40.8 Å². The summed E-state index contributed by atoms with van der Waals surface area (Å²) in [5, 5.41) is 11.6. The van der Waals surface area contributed by atoms with Crippen LogP contribution in [0.4, 0.5) is 26.3 Å². The molecule has 0 amide bonds. The molecule has 0 saturated heterocycles. The molecule has 1 aromatic carbocycles. The third-order valence-electron chi connectivity index (χ3n) is 2.45. The average molecular weight is 326 g/mol. The lowest BCUT2D eigenvalue weighted by atomic mass is 10.0. The molecule has 0 radical (unpaired) electrons. The van der Waals surface area contributed by atoms with Crippen LogP contribution in [0.2, 0.25) is 0 Å². The van der Waals surface area contributed by atoms with E-state index in [-0.39, 0.29) is 6.07 Å². The second-order valence-corrected chi connectivity index (χ2v) is 4.02. The Morgan fingerprint density at radius 1 is 1.00 bits per heavy atom.